The minimum Gasteiger partial charge on any atom is -0.380 e. The predicted molar refractivity (Wildman–Crippen MR) is 80.2 cm³/mol. The van der Waals surface area contributed by atoms with E-state index in [-0.39, 0.29) is 5.56 Å². The Morgan fingerprint density at radius 1 is 0.950 bits per heavy atom. The SMILES string of the molecule is FC(F)c1cccc(CNc2cc(Cl)c(Cl)cc2Cl)c1. The van der Waals surface area contributed by atoms with E-state index in [9.17, 15) is 8.78 Å². The van der Waals surface area contributed by atoms with Crippen LogP contribution in [-0.2, 0) is 6.54 Å². The lowest BCUT2D eigenvalue weighted by Gasteiger charge is -2.10. The van der Waals surface area contributed by atoms with Crippen LogP contribution in [0.15, 0.2) is 36.4 Å². The van der Waals surface area contributed by atoms with Crippen LogP contribution >= 0.6 is 34.8 Å². The number of hydrogen-bond acceptors (Lipinski definition) is 1. The molecule has 0 fully saturated rings. The van der Waals surface area contributed by atoms with Crippen molar-refractivity contribution in [3.05, 3.63) is 62.6 Å². The van der Waals surface area contributed by atoms with Gasteiger partial charge in [-0.1, -0.05) is 53.0 Å². The van der Waals surface area contributed by atoms with Crippen LogP contribution in [0.25, 0.3) is 0 Å². The average molecular weight is 337 g/mol. The van der Waals surface area contributed by atoms with E-state index in [1.807, 2.05) is 0 Å². The highest BCUT2D eigenvalue weighted by molar-refractivity contribution is 6.44. The zero-order valence-corrected chi connectivity index (χ0v) is 12.4. The highest BCUT2D eigenvalue weighted by Crippen LogP contribution is 2.32. The Labute approximate surface area is 130 Å². The molecule has 20 heavy (non-hydrogen) atoms. The fourth-order valence-electron chi connectivity index (χ4n) is 1.69. The van der Waals surface area contributed by atoms with E-state index in [2.05, 4.69) is 5.32 Å². The fraction of sp³-hybridized carbons (Fsp3) is 0.143. The average Bonchev–Trinajstić information content (AvgIpc) is 2.41. The first-order chi connectivity index (χ1) is 9.47. The Morgan fingerprint density at radius 3 is 2.35 bits per heavy atom. The Hall–Kier alpha value is -1.03. The lowest BCUT2D eigenvalue weighted by atomic mass is 10.1. The molecule has 0 unspecified atom stereocenters. The minimum absolute atomic E-state index is 0.00969. The topological polar surface area (TPSA) is 12.0 Å². The minimum atomic E-state index is -2.48. The van der Waals surface area contributed by atoms with Gasteiger partial charge in [0.05, 0.1) is 20.8 Å². The van der Waals surface area contributed by atoms with Gasteiger partial charge < -0.3 is 5.32 Å². The number of halogens is 5. The number of benzene rings is 2. The molecule has 1 nitrogen and oxygen atoms in total. The van der Waals surface area contributed by atoms with Crippen LogP contribution in [0, 0.1) is 0 Å². The molecule has 0 amide bonds. The molecule has 0 aliphatic carbocycles. The van der Waals surface area contributed by atoms with Crippen LogP contribution in [0.5, 0.6) is 0 Å². The van der Waals surface area contributed by atoms with E-state index in [0.29, 0.717) is 27.3 Å². The van der Waals surface area contributed by atoms with Crippen LogP contribution in [0.4, 0.5) is 14.5 Å². The normalized spacial score (nSPS) is 10.9. The van der Waals surface area contributed by atoms with Gasteiger partial charge in [-0.3, -0.25) is 0 Å². The van der Waals surface area contributed by atoms with Gasteiger partial charge in [-0.15, -0.1) is 0 Å². The molecule has 0 radical (unpaired) electrons. The van der Waals surface area contributed by atoms with E-state index in [0.717, 1.165) is 5.56 Å². The molecule has 0 bridgehead atoms. The standard InChI is InChI=1S/C14H10Cl3F2N/c15-10-5-12(17)13(6-11(10)16)20-7-8-2-1-3-9(4-8)14(18)19/h1-6,14,20H,7H2. The number of rotatable bonds is 4. The first kappa shape index (κ1) is 15.4. The maximum absolute atomic E-state index is 12.6. The molecular weight excluding hydrogens is 327 g/mol. The first-order valence-electron chi connectivity index (χ1n) is 5.73. The van der Waals surface area contributed by atoms with Crippen LogP contribution in [0.2, 0.25) is 15.1 Å². The second kappa shape index (κ2) is 6.61. The lowest BCUT2D eigenvalue weighted by Crippen LogP contribution is -2.01. The molecule has 0 aliphatic rings. The second-order valence-corrected chi connectivity index (χ2v) is 5.37. The third-order valence-electron chi connectivity index (χ3n) is 2.70. The number of anilines is 1. The molecule has 0 aromatic heterocycles. The van der Waals surface area contributed by atoms with Crippen molar-refractivity contribution < 1.29 is 8.78 Å². The maximum atomic E-state index is 12.6. The van der Waals surface area contributed by atoms with Crippen molar-refractivity contribution in [1.82, 2.24) is 0 Å². The van der Waals surface area contributed by atoms with Crippen molar-refractivity contribution in [2.24, 2.45) is 0 Å². The van der Waals surface area contributed by atoms with Crippen molar-refractivity contribution >= 4 is 40.5 Å². The predicted octanol–water partition coefficient (Wildman–Crippen LogP) is 6.20. The quantitative estimate of drug-likeness (QED) is 0.656. The molecule has 1 N–H and O–H groups in total. The number of alkyl halides is 2. The Morgan fingerprint density at radius 2 is 1.65 bits per heavy atom. The molecular formula is C14H10Cl3F2N. The van der Waals surface area contributed by atoms with Crippen LogP contribution in [0.3, 0.4) is 0 Å². The van der Waals surface area contributed by atoms with Crippen LogP contribution in [0.1, 0.15) is 17.6 Å². The van der Waals surface area contributed by atoms with Crippen molar-refractivity contribution in [2.75, 3.05) is 5.32 Å². The van der Waals surface area contributed by atoms with Gasteiger partial charge in [-0.25, -0.2) is 8.78 Å². The molecule has 0 aliphatic heterocycles. The van der Waals surface area contributed by atoms with E-state index >= 15 is 0 Å². The number of hydrogen-bond donors (Lipinski definition) is 1. The van der Waals surface area contributed by atoms with E-state index in [1.165, 1.54) is 18.2 Å². The molecule has 0 spiro atoms. The molecule has 0 heterocycles. The summed E-state index contributed by atoms with van der Waals surface area (Å²) in [5, 5.41) is 4.20. The molecule has 0 saturated carbocycles. The van der Waals surface area contributed by atoms with E-state index in [4.69, 9.17) is 34.8 Å². The molecule has 0 saturated heterocycles. The molecule has 6 heteroatoms. The van der Waals surface area contributed by atoms with Gasteiger partial charge in [-0.2, -0.15) is 0 Å². The van der Waals surface area contributed by atoms with Crippen LogP contribution < -0.4 is 5.32 Å². The van der Waals surface area contributed by atoms with Gasteiger partial charge in [0.25, 0.3) is 6.43 Å². The molecule has 0 atom stereocenters. The first-order valence-corrected chi connectivity index (χ1v) is 6.86. The molecule has 2 aromatic carbocycles. The summed E-state index contributed by atoms with van der Waals surface area (Å²) >= 11 is 17.8. The third kappa shape index (κ3) is 3.75. The summed E-state index contributed by atoms with van der Waals surface area (Å²) in [6.45, 7) is 0.359. The Balaban J connectivity index is 2.13. The van der Waals surface area contributed by atoms with Crippen molar-refractivity contribution in [2.45, 2.75) is 13.0 Å². The fourth-order valence-corrected chi connectivity index (χ4v) is 2.31. The summed E-state index contributed by atoms with van der Waals surface area (Å²) in [5.74, 6) is 0. The number of nitrogens with one attached hydrogen (secondary N) is 1. The van der Waals surface area contributed by atoms with E-state index in [1.54, 1.807) is 18.2 Å². The van der Waals surface area contributed by atoms with Gasteiger partial charge in [0.1, 0.15) is 0 Å². The Bertz CT molecular complexity index is 617. The highest BCUT2D eigenvalue weighted by atomic mass is 35.5. The highest BCUT2D eigenvalue weighted by Gasteiger charge is 2.08. The Kier molecular flexibility index (Phi) is 5.08. The summed E-state index contributed by atoms with van der Waals surface area (Å²) in [4.78, 5) is 0. The van der Waals surface area contributed by atoms with Gasteiger partial charge in [0.15, 0.2) is 0 Å². The van der Waals surface area contributed by atoms with Crippen molar-refractivity contribution in [3.63, 3.8) is 0 Å². The lowest BCUT2D eigenvalue weighted by molar-refractivity contribution is 0.151. The van der Waals surface area contributed by atoms with Crippen molar-refractivity contribution in [1.29, 1.82) is 0 Å². The summed E-state index contributed by atoms with van der Waals surface area (Å²) in [6, 6.07) is 9.31. The zero-order chi connectivity index (χ0) is 14.7. The smallest absolute Gasteiger partial charge is 0.263 e. The third-order valence-corrected chi connectivity index (χ3v) is 3.73. The monoisotopic (exact) mass is 335 g/mol. The van der Waals surface area contributed by atoms with Gasteiger partial charge in [-0.05, 0) is 23.8 Å². The second-order valence-electron chi connectivity index (χ2n) is 4.15. The van der Waals surface area contributed by atoms with Gasteiger partial charge >= 0.3 is 0 Å². The summed E-state index contributed by atoms with van der Waals surface area (Å²) < 4.78 is 25.2. The van der Waals surface area contributed by atoms with Gasteiger partial charge in [0, 0.05) is 12.1 Å². The molecule has 106 valence electrons. The van der Waals surface area contributed by atoms with Crippen LogP contribution in [-0.4, -0.2) is 0 Å². The van der Waals surface area contributed by atoms with Gasteiger partial charge in [0.2, 0.25) is 0 Å². The summed E-state index contributed by atoms with van der Waals surface area (Å²) in [5.41, 5.74) is 1.32. The molecule has 2 rings (SSSR count). The largest absolute Gasteiger partial charge is 0.380 e. The summed E-state index contributed by atoms with van der Waals surface area (Å²) in [7, 11) is 0. The summed E-state index contributed by atoms with van der Waals surface area (Å²) in [6.07, 6.45) is -2.48. The molecule has 2 aromatic rings. The zero-order valence-electron chi connectivity index (χ0n) is 10.1. The van der Waals surface area contributed by atoms with Crippen molar-refractivity contribution in [3.8, 4) is 0 Å². The van der Waals surface area contributed by atoms with E-state index < -0.39 is 6.43 Å². The maximum Gasteiger partial charge on any atom is 0.263 e.